The Labute approximate surface area is 364 Å². The Morgan fingerprint density at radius 1 is 0.302 bits per heavy atom. The maximum Gasteiger partial charge on any atom is 0.0899 e. The molecule has 5 nitrogen and oxygen atoms in total. The van der Waals surface area contributed by atoms with Crippen LogP contribution in [0.25, 0.3) is 117 Å². The van der Waals surface area contributed by atoms with E-state index in [1.54, 1.807) is 0 Å². The van der Waals surface area contributed by atoms with Crippen molar-refractivity contribution in [3.05, 3.63) is 225 Å². The third-order valence-electron chi connectivity index (χ3n) is 12.1. The van der Waals surface area contributed by atoms with Crippen molar-refractivity contribution >= 4 is 43.5 Å². The largest absolute Gasteiger partial charge is 0.309 e. The van der Waals surface area contributed by atoms with E-state index in [-0.39, 0.29) is 0 Å². The van der Waals surface area contributed by atoms with Gasteiger partial charge in [-0.2, -0.15) is 0 Å². The molecule has 0 saturated carbocycles. The average Bonchev–Trinajstić information content (AvgIpc) is 3.69. The van der Waals surface area contributed by atoms with Crippen LogP contribution in [0.1, 0.15) is 0 Å². The molecule has 63 heavy (non-hydrogen) atoms. The first-order valence-corrected chi connectivity index (χ1v) is 21.2. The van der Waals surface area contributed by atoms with Crippen molar-refractivity contribution in [2.24, 2.45) is 0 Å². The van der Waals surface area contributed by atoms with Crippen LogP contribution in [0, 0.1) is 0 Å². The lowest BCUT2D eigenvalue weighted by molar-refractivity contribution is 1.18. The highest BCUT2D eigenvalue weighted by molar-refractivity contribution is 6.20. The first-order valence-electron chi connectivity index (χ1n) is 21.2. The summed E-state index contributed by atoms with van der Waals surface area (Å²) in [6.07, 6.45) is 3.76. The molecule has 0 aliphatic rings. The van der Waals surface area contributed by atoms with Gasteiger partial charge in [-0.3, -0.25) is 9.97 Å². The third kappa shape index (κ3) is 6.51. The van der Waals surface area contributed by atoms with E-state index in [9.17, 15) is 0 Å². The standard InChI is InChI=1S/C58H37N5/c1-3-13-38(14-4-1)43-30-31-53(60-37-43)55-34-44(33-54(61-55)41-26-24-40(25-27-41)51-19-11-12-32-59-51)39-22-28-42(29-23-39)58-50-36-57-49(35-48(50)46-17-7-9-20-52(46)62-58)47-18-8-10-21-56(47)63(57)45-15-5-2-6-16-45/h1-37H. The minimum absolute atomic E-state index is 0.806. The van der Waals surface area contributed by atoms with Crippen LogP contribution in [0.2, 0.25) is 0 Å². The van der Waals surface area contributed by atoms with E-state index in [1.807, 2.05) is 48.8 Å². The molecule has 0 radical (unpaired) electrons. The fourth-order valence-corrected chi connectivity index (χ4v) is 8.98. The van der Waals surface area contributed by atoms with Gasteiger partial charge in [0.25, 0.3) is 0 Å². The lowest BCUT2D eigenvalue weighted by Gasteiger charge is -2.14. The van der Waals surface area contributed by atoms with Crippen molar-refractivity contribution in [2.45, 2.75) is 0 Å². The predicted octanol–water partition coefficient (Wildman–Crippen LogP) is 14.7. The molecule has 0 N–H and O–H groups in total. The van der Waals surface area contributed by atoms with Gasteiger partial charge in [0.1, 0.15) is 0 Å². The number of para-hydroxylation sites is 3. The lowest BCUT2D eigenvalue weighted by Crippen LogP contribution is -1.95. The Balaban J connectivity index is 0.992. The molecule has 12 aromatic rings. The monoisotopic (exact) mass is 803 g/mol. The Bertz CT molecular complexity index is 3520. The first kappa shape index (κ1) is 36.3. The summed E-state index contributed by atoms with van der Waals surface area (Å²) in [6.45, 7) is 0. The van der Waals surface area contributed by atoms with Crippen LogP contribution in [0.3, 0.4) is 0 Å². The summed E-state index contributed by atoms with van der Waals surface area (Å²) in [5.74, 6) is 0. The van der Waals surface area contributed by atoms with Gasteiger partial charge in [0.2, 0.25) is 0 Å². The molecule has 12 rings (SSSR count). The van der Waals surface area contributed by atoms with Gasteiger partial charge in [-0.05, 0) is 88.8 Å². The van der Waals surface area contributed by atoms with Gasteiger partial charge in [0.15, 0.2) is 0 Å². The first-order chi connectivity index (χ1) is 31.2. The van der Waals surface area contributed by atoms with Crippen LogP contribution >= 0.6 is 0 Å². The molecule has 5 heteroatoms. The van der Waals surface area contributed by atoms with Gasteiger partial charge >= 0.3 is 0 Å². The molecule has 294 valence electrons. The summed E-state index contributed by atoms with van der Waals surface area (Å²) in [7, 11) is 0. The van der Waals surface area contributed by atoms with E-state index in [4.69, 9.17) is 15.0 Å². The summed E-state index contributed by atoms with van der Waals surface area (Å²) in [6, 6.07) is 74.6. The van der Waals surface area contributed by atoms with E-state index >= 15 is 0 Å². The molecule has 0 aliphatic heterocycles. The van der Waals surface area contributed by atoms with E-state index in [2.05, 4.69) is 185 Å². The minimum Gasteiger partial charge on any atom is -0.309 e. The van der Waals surface area contributed by atoms with Gasteiger partial charge in [-0.25, -0.2) is 9.97 Å². The van der Waals surface area contributed by atoms with Crippen LogP contribution in [0.4, 0.5) is 0 Å². The summed E-state index contributed by atoms with van der Waals surface area (Å²) in [5.41, 5.74) is 16.2. The second kappa shape index (κ2) is 15.2. The Kier molecular flexibility index (Phi) is 8.75. The van der Waals surface area contributed by atoms with Crippen molar-refractivity contribution < 1.29 is 0 Å². The normalized spacial score (nSPS) is 11.5. The quantitative estimate of drug-likeness (QED) is 0.151. The molecule has 0 bridgehead atoms. The van der Waals surface area contributed by atoms with Crippen LogP contribution < -0.4 is 0 Å². The number of pyridine rings is 4. The van der Waals surface area contributed by atoms with Gasteiger partial charge in [-0.15, -0.1) is 0 Å². The van der Waals surface area contributed by atoms with Crippen LogP contribution in [-0.2, 0) is 0 Å². The number of fused-ring (bicyclic) bond motifs is 6. The molecule has 0 unspecified atom stereocenters. The van der Waals surface area contributed by atoms with Gasteiger partial charge in [0.05, 0.1) is 45.0 Å². The fourth-order valence-electron chi connectivity index (χ4n) is 8.98. The van der Waals surface area contributed by atoms with Crippen LogP contribution in [0.5, 0.6) is 0 Å². The highest BCUT2D eigenvalue weighted by atomic mass is 15.0. The SMILES string of the molecule is c1ccc(-c2ccc(-c3cc(-c4ccc(-c5nc6ccccc6c6cc7c8ccccc8n(-c8ccccc8)c7cc56)cc4)cc(-c4ccc(-c5ccccn5)cc4)n3)nc2)cc1. The number of benzene rings is 7. The zero-order valence-corrected chi connectivity index (χ0v) is 34.1. The zero-order valence-electron chi connectivity index (χ0n) is 34.1. The Morgan fingerprint density at radius 3 is 1.70 bits per heavy atom. The van der Waals surface area contributed by atoms with E-state index in [0.717, 1.165) is 94.9 Å². The van der Waals surface area contributed by atoms with Gasteiger partial charge in [-0.1, -0.05) is 146 Å². The maximum absolute atomic E-state index is 5.37. The number of hydrogen-bond donors (Lipinski definition) is 0. The lowest BCUT2D eigenvalue weighted by atomic mass is 9.96. The smallest absolute Gasteiger partial charge is 0.0899 e. The van der Waals surface area contributed by atoms with E-state index in [1.165, 1.54) is 21.7 Å². The summed E-state index contributed by atoms with van der Waals surface area (Å²) in [4.78, 5) is 20.1. The van der Waals surface area contributed by atoms with Gasteiger partial charge < -0.3 is 4.57 Å². The highest BCUT2D eigenvalue weighted by Crippen LogP contribution is 2.41. The molecular weight excluding hydrogens is 767 g/mol. The Hall–Kier alpha value is -8.54. The van der Waals surface area contributed by atoms with Gasteiger partial charge in [0, 0.05) is 61.9 Å². The Morgan fingerprint density at radius 2 is 0.937 bits per heavy atom. The van der Waals surface area contributed by atoms with Crippen molar-refractivity contribution in [3.8, 4) is 73.1 Å². The fraction of sp³-hybridized carbons (Fsp3) is 0. The van der Waals surface area contributed by atoms with Crippen molar-refractivity contribution in [1.82, 2.24) is 24.5 Å². The molecule has 0 spiro atoms. The topological polar surface area (TPSA) is 56.5 Å². The summed E-state index contributed by atoms with van der Waals surface area (Å²) in [5, 5.41) is 5.89. The van der Waals surface area contributed by atoms with Crippen molar-refractivity contribution in [1.29, 1.82) is 0 Å². The zero-order chi connectivity index (χ0) is 41.7. The molecule has 7 aromatic carbocycles. The maximum atomic E-state index is 5.37. The molecule has 0 saturated heterocycles. The summed E-state index contributed by atoms with van der Waals surface area (Å²) >= 11 is 0. The van der Waals surface area contributed by atoms with Crippen molar-refractivity contribution in [2.75, 3.05) is 0 Å². The van der Waals surface area contributed by atoms with E-state index in [0.29, 0.717) is 0 Å². The summed E-state index contributed by atoms with van der Waals surface area (Å²) < 4.78 is 2.38. The van der Waals surface area contributed by atoms with Crippen LogP contribution in [0.15, 0.2) is 225 Å². The molecular formula is C58H37N5. The molecule has 0 fully saturated rings. The second-order valence-electron chi connectivity index (χ2n) is 15.9. The molecule has 5 heterocycles. The van der Waals surface area contributed by atoms with E-state index < -0.39 is 0 Å². The number of rotatable bonds is 7. The third-order valence-corrected chi connectivity index (χ3v) is 12.1. The number of nitrogens with zero attached hydrogens (tertiary/aromatic N) is 5. The molecule has 5 aromatic heterocycles. The highest BCUT2D eigenvalue weighted by Gasteiger charge is 2.18. The van der Waals surface area contributed by atoms with Crippen LogP contribution in [-0.4, -0.2) is 24.5 Å². The van der Waals surface area contributed by atoms with Crippen molar-refractivity contribution in [3.63, 3.8) is 0 Å². The number of aromatic nitrogens is 5. The molecule has 0 aliphatic carbocycles. The molecule has 0 atom stereocenters. The number of hydrogen-bond acceptors (Lipinski definition) is 4. The predicted molar refractivity (Wildman–Crippen MR) is 260 cm³/mol. The molecule has 0 amide bonds. The minimum atomic E-state index is 0.806. The second-order valence-corrected chi connectivity index (χ2v) is 15.9. The average molecular weight is 804 g/mol.